The fourth-order valence-electron chi connectivity index (χ4n) is 2.74. The molecule has 2 aromatic rings. The fourth-order valence-corrected chi connectivity index (χ4v) is 3.82. The number of anilines is 2. The van der Waals surface area contributed by atoms with Crippen molar-refractivity contribution in [3.05, 3.63) is 47.2 Å². The summed E-state index contributed by atoms with van der Waals surface area (Å²) in [6.07, 6.45) is -4.45. The van der Waals surface area contributed by atoms with Crippen molar-refractivity contribution in [1.82, 2.24) is 4.98 Å². The highest BCUT2D eigenvalue weighted by atomic mass is 32.2. The van der Waals surface area contributed by atoms with E-state index >= 15 is 0 Å². The number of thioether (sulfide) groups is 1. The highest BCUT2D eigenvalue weighted by molar-refractivity contribution is 7.99. The average Bonchev–Trinajstić information content (AvgIpc) is 2.53. The van der Waals surface area contributed by atoms with Crippen molar-refractivity contribution in [2.75, 3.05) is 22.5 Å². The minimum absolute atomic E-state index is 0.109. The molecule has 1 aliphatic rings. The van der Waals surface area contributed by atoms with E-state index < -0.39 is 17.8 Å². The number of carbonyl (C=O) groups excluding carboxylic acids is 1. The van der Waals surface area contributed by atoms with Gasteiger partial charge in [-0.3, -0.25) is 4.90 Å². The number of rotatable bonds is 1. The smallest absolute Gasteiger partial charge is 0.308 e. The van der Waals surface area contributed by atoms with Gasteiger partial charge >= 0.3 is 12.2 Å². The molecule has 0 atom stereocenters. The first-order valence-corrected chi connectivity index (χ1v) is 8.61. The molecule has 0 saturated heterocycles. The average molecular weight is 367 g/mol. The van der Waals surface area contributed by atoms with Crippen molar-refractivity contribution in [3.8, 4) is 0 Å². The molecule has 2 amide bonds. The van der Waals surface area contributed by atoms with Crippen molar-refractivity contribution in [1.29, 1.82) is 0 Å². The van der Waals surface area contributed by atoms with E-state index in [-0.39, 0.29) is 5.69 Å². The number of aryl methyl sites for hydroxylation is 2. The van der Waals surface area contributed by atoms with Gasteiger partial charge in [0.25, 0.3) is 0 Å². The highest BCUT2D eigenvalue weighted by Crippen LogP contribution is 2.36. The molecule has 2 heterocycles. The number of amides is 2. The van der Waals surface area contributed by atoms with Gasteiger partial charge in [-0.15, -0.1) is 11.8 Å². The number of hydrogen-bond donors (Lipinski definition) is 1. The summed E-state index contributed by atoms with van der Waals surface area (Å²) in [5, 5.41) is 3.32. The monoisotopic (exact) mass is 367 g/mol. The molecule has 0 spiro atoms. The molecule has 132 valence electrons. The van der Waals surface area contributed by atoms with Gasteiger partial charge in [-0.1, -0.05) is 6.07 Å². The molecule has 1 aromatic carbocycles. The van der Waals surface area contributed by atoms with Gasteiger partial charge in [-0.05, 0) is 43.7 Å². The first-order valence-electron chi connectivity index (χ1n) is 7.62. The molecular formula is C17H16F3N3OS. The van der Waals surface area contributed by atoms with Gasteiger partial charge in [0.2, 0.25) is 0 Å². The number of halogens is 3. The van der Waals surface area contributed by atoms with Crippen LogP contribution >= 0.6 is 11.8 Å². The third-order valence-corrected chi connectivity index (χ3v) is 4.73. The van der Waals surface area contributed by atoms with Gasteiger partial charge in [0.1, 0.15) is 5.03 Å². The third-order valence-electron chi connectivity index (χ3n) is 3.79. The Balaban J connectivity index is 1.87. The van der Waals surface area contributed by atoms with Crippen LogP contribution in [0.4, 0.5) is 29.3 Å². The number of fused-ring (bicyclic) bond motifs is 1. The Morgan fingerprint density at radius 1 is 1.28 bits per heavy atom. The standard InChI is InChI=1S/C17H16F3N3OS/c1-10-8-11(2)21-15-14(10)23(6-7-25-15)16(24)22-13-5-3-4-12(9-13)17(18,19)20/h3-5,8-9H,6-7H2,1-2H3,(H,22,24). The number of benzene rings is 1. The minimum atomic E-state index is -4.45. The quantitative estimate of drug-likeness (QED) is 0.783. The van der Waals surface area contributed by atoms with Gasteiger partial charge in [0.15, 0.2) is 0 Å². The predicted octanol–water partition coefficient (Wildman–Crippen LogP) is 4.86. The summed E-state index contributed by atoms with van der Waals surface area (Å²) in [6.45, 7) is 4.24. The molecule has 0 unspecified atom stereocenters. The van der Waals surface area contributed by atoms with Crippen LogP contribution in [-0.4, -0.2) is 23.3 Å². The van der Waals surface area contributed by atoms with E-state index in [0.29, 0.717) is 18.0 Å². The zero-order valence-electron chi connectivity index (χ0n) is 13.6. The Morgan fingerprint density at radius 2 is 2.04 bits per heavy atom. The number of carbonyl (C=O) groups is 1. The maximum Gasteiger partial charge on any atom is 0.416 e. The fraction of sp³-hybridized carbons (Fsp3) is 0.294. The summed E-state index contributed by atoms with van der Waals surface area (Å²) in [7, 11) is 0. The molecule has 0 saturated carbocycles. The summed E-state index contributed by atoms with van der Waals surface area (Å²) in [6, 6.07) is 6.03. The molecule has 0 aliphatic carbocycles. The minimum Gasteiger partial charge on any atom is -0.308 e. The third kappa shape index (κ3) is 3.73. The van der Waals surface area contributed by atoms with Crippen LogP contribution in [0.15, 0.2) is 35.4 Å². The summed E-state index contributed by atoms with van der Waals surface area (Å²) < 4.78 is 38.4. The van der Waals surface area contributed by atoms with E-state index in [0.717, 1.165) is 28.4 Å². The number of aromatic nitrogens is 1. The Bertz CT molecular complexity index is 823. The maximum atomic E-state index is 12.8. The van der Waals surface area contributed by atoms with Gasteiger partial charge in [-0.2, -0.15) is 13.2 Å². The second kappa shape index (κ2) is 6.59. The number of urea groups is 1. The second-order valence-electron chi connectivity index (χ2n) is 5.74. The van der Waals surface area contributed by atoms with E-state index in [1.165, 1.54) is 17.0 Å². The molecular weight excluding hydrogens is 351 g/mol. The largest absolute Gasteiger partial charge is 0.416 e. The van der Waals surface area contributed by atoms with Crippen LogP contribution < -0.4 is 10.2 Å². The molecule has 1 aromatic heterocycles. The van der Waals surface area contributed by atoms with Gasteiger partial charge in [-0.25, -0.2) is 9.78 Å². The predicted molar refractivity (Wildman–Crippen MR) is 92.2 cm³/mol. The van der Waals surface area contributed by atoms with Crippen LogP contribution in [0.2, 0.25) is 0 Å². The molecule has 0 bridgehead atoms. The molecule has 0 radical (unpaired) electrons. The van der Waals surface area contributed by atoms with E-state index in [4.69, 9.17) is 0 Å². The Labute approximate surface area is 147 Å². The number of pyridine rings is 1. The molecule has 1 aliphatic heterocycles. The molecule has 3 rings (SSSR count). The van der Waals surface area contributed by atoms with Crippen LogP contribution in [-0.2, 0) is 6.18 Å². The zero-order chi connectivity index (χ0) is 18.2. The number of nitrogens with zero attached hydrogens (tertiary/aromatic N) is 2. The first-order chi connectivity index (χ1) is 11.8. The van der Waals surface area contributed by atoms with Crippen LogP contribution in [0.3, 0.4) is 0 Å². The summed E-state index contributed by atoms with van der Waals surface area (Å²) in [5.74, 6) is 0.679. The van der Waals surface area contributed by atoms with E-state index in [1.54, 1.807) is 11.8 Å². The number of nitrogens with one attached hydrogen (secondary N) is 1. The van der Waals surface area contributed by atoms with E-state index in [1.807, 2.05) is 19.9 Å². The number of alkyl halides is 3. The highest BCUT2D eigenvalue weighted by Gasteiger charge is 2.31. The Hall–Kier alpha value is -2.22. The second-order valence-corrected chi connectivity index (χ2v) is 6.83. The lowest BCUT2D eigenvalue weighted by Gasteiger charge is -2.30. The van der Waals surface area contributed by atoms with E-state index in [9.17, 15) is 18.0 Å². The first kappa shape index (κ1) is 17.6. The van der Waals surface area contributed by atoms with Crippen LogP contribution in [0.1, 0.15) is 16.8 Å². The van der Waals surface area contributed by atoms with Crippen molar-refractivity contribution in [3.63, 3.8) is 0 Å². The lowest BCUT2D eigenvalue weighted by molar-refractivity contribution is -0.137. The Kier molecular flexibility index (Phi) is 4.64. The molecule has 8 heteroatoms. The SMILES string of the molecule is Cc1cc(C)c2c(n1)SCCN2C(=O)Nc1cccc(C(F)(F)F)c1. The van der Waals surface area contributed by atoms with Crippen molar-refractivity contribution in [2.45, 2.75) is 25.0 Å². The van der Waals surface area contributed by atoms with Gasteiger partial charge in [0.05, 0.1) is 11.3 Å². The zero-order valence-corrected chi connectivity index (χ0v) is 14.5. The molecule has 1 N–H and O–H groups in total. The van der Waals surface area contributed by atoms with Crippen molar-refractivity contribution >= 4 is 29.2 Å². The van der Waals surface area contributed by atoms with E-state index in [2.05, 4.69) is 10.3 Å². The molecule has 0 fully saturated rings. The molecule has 4 nitrogen and oxygen atoms in total. The Morgan fingerprint density at radius 3 is 2.76 bits per heavy atom. The topological polar surface area (TPSA) is 45.2 Å². The normalized spacial score (nSPS) is 14.2. The van der Waals surface area contributed by atoms with Crippen molar-refractivity contribution < 1.29 is 18.0 Å². The van der Waals surface area contributed by atoms with Gasteiger partial charge < -0.3 is 5.32 Å². The summed E-state index contributed by atoms with van der Waals surface area (Å²) >= 11 is 1.57. The maximum absolute atomic E-state index is 12.8. The lowest BCUT2D eigenvalue weighted by atomic mass is 10.2. The van der Waals surface area contributed by atoms with Crippen LogP contribution in [0, 0.1) is 13.8 Å². The summed E-state index contributed by atoms with van der Waals surface area (Å²) in [4.78, 5) is 18.6. The molecule has 25 heavy (non-hydrogen) atoms. The lowest BCUT2D eigenvalue weighted by Crippen LogP contribution is -2.39. The van der Waals surface area contributed by atoms with Gasteiger partial charge in [0, 0.05) is 23.7 Å². The summed E-state index contributed by atoms with van der Waals surface area (Å²) in [5.41, 5.74) is 1.80. The van der Waals surface area contributed by atoms with Crippen LogP contribution in [0.5, 0.6) is 0 Å². The van der Waals surface area contributed by atoms with Crippen molar-refractivity contribution in [2.24, 2.45) is 0 Å². The number of hydrogen-bond acceptors (Lipinski definition) is 3. The van der Waals surface area contributed by atoms with Crippen LogP contribution in [0.25, 0.3) is 0 Å².